The molecule has 0 heterocycles. The van der Waals surface area contributed by atoms with Crippen LogP contribution in [0, 0.1) is 17.7 Å². The van der Waals surface area contributed by atoms with Crippen molar-refractivity contribution in [1.29, 1.82) is 0 Å². The standard InChI is InChI=1S/C15H23BrFN/c1-10(2)13(9-18-11(3)4)7-12-5-6-15(17)14(16)8-12/h5-6,8,10-11,13,18H,7,9H2,1-4H3. The molecule has 1 unspecified atom stereocenters. The van der Waals surface area contributed by atoms with Gasteiger partial charge in [-0.15, -0.1) is 0 Å². The monoisotopic (exact) mass is 315 g/mol. The minimum atomic E-state index is -0.194. The zero-order valence-corrected chi connectivity index (χ0v) is 13.2. The first-order chi connectivity index (χ1) is 8.40. The third-order valence-electron chi connectivity index (χ3n) is 3.21. The van der Waals surface area contributed by atoms with E-state index in [1.165, 1.54) is 11.6 Å². The Morgan fingerprint density at radius 2 is 1.89 bits per heavy atom. The molecule has 1 nitrogen and oxygen atoms in total. The Kier molecular flexibility index (Phi) is 6.30. The van der Waals surface area contributed by atoms with E-state index in [0.717, 1.165) is 13.0 Å². The lowest BCUT2D eigenvalue weighted by molar-refractivity contribution is 0.349. The maximum Gasteiger partial charge on any atom is 0.137 e. The SMILES string of the molecule is CC(C)NCC(Cc1ccc(F)c(Br)c1)C(C)C. The van der Waals surface area contributed by atoms with Gasteiger partial charge in [-0.1, -0.05) is 33.8 Å². The summed E-state index contributed by atoms with van der Waals surface area (Å²) in [4.78, 5) is 0. The highest BCUT2D eigenvalue weighted by atomic mass is 79.9. The molecule has 0 aliphatic heterocycles. The molecule has 3 heteroatoms. The highest BCUT2D eigenvalue weighted by Gasteiger charge is 2.15. The molecule has 0 spiro atoms. The first kappa shape index (κ1) is 15.6. The average molecular weight is 316 g/mol. The summed E-state index contributed by atoms with van der Waals surface area (Å²) >= 11 is 3.24. The normalized spacial score (nSPS) is 13.3. The lowest BCUT2D eigenvalue weighted by Gasteiger charge is -2.23. The lowest BCUT2D eigenvalue weighted by Crippen LogP contribution is -2.32. The third-order valence-corrected chi connectivity index (χ3v) is 3.82. The van der Waals surface area contributed by atoms with Crippen molar-refractivity contribution in [2.24, 2.45) is 11.8 Å². The van der Waals surface area contributed by atoms with Gasteiger partial charge in [-0.05, 0) is 58.4 Å². The molecular weight excluding hydrogens is 293 g/mol. The fraction of sp³-hybridized carbons (Fsp3) is 0.600. The van der Waals surface area contributed by atoms with Crippen molar-refractivity contribution in [1.82, 2.24) is 5.32 Å². The summed E-state index contributed by atoms with van der Waals surface area (Å²) in [6.07, 6.45) is 0.982. The van der Waals surface area contributed by atoms with Crippen LogP contribution >= 0.6 is 15.9 Å². The van der Waals surface area contributed by atoms with Gasteiger partial charge in [-0.3, -0.25) is 0 Å². The first-order valence-corrected chi connectivity index (χ1v) is 7.36. The van der Waals surface area contributed by atoms with E-state index in [9.17, 15) is 4.39 Å². The first-order valence-electron chi connectivity index (χ1n) is 6.57. The molecule has 0 aliphatic carbocycles. The quantitative estimate of drug-likeness (QED) is 0.820. The van der Waals surface area contributed by atoms with Crippen molar-refractivity contribution in [3.8, 4) is 0 Å². The van der Waals surface area contributed by atoms with Gasteiger partial charge < -0.3 is 5.32 Å². The zero-order valence-electron chi connectivity index (χ0n) is 11.6. The Morgan fingerprint density at radius 3 is 2.39 bits per heavy atom. The van der Waals surface area contributed by atoms with Crippen LogP contribution in [0.2, 0.25) is 0 Å². The fourth-order valence-electron chi connectivity index (χ4n) is 1.90. The molecule has 0 aromatic heterocycles. The van der Waals surface area contributed by atoms with Crippen molar-refractivity contribution in [2.75, 3.05) is 6.54 Å². The van der Waals surface area contributed by atoms with Gasteiger partial charge in [0.15, 0.2) is 0 Å². The van der Waals surface area contributed by atoms with Crippen molar-refractivity contribution in [3.63, 3.8) is 0 Å². The number of hydrogen-bond acceptors (Lipinski definition) is 1. The molecule has 0 aliphatic rings. The molecule has 0 saturated heterocycles. The molecule has 1 aromatic carbocycles. The average Bonchev–Trinajstić information content (AvgIpc) is 2.28. The molecule has 18 heavy (non-hydrogen) atoms. The molecular formula is C15H23BrFN. The Morgan fingerprint density at radius 1 is 1.22 bits per heavy atom. The smallest absolute Gasteiger partial charge is 0.137 e. The molecule has 0 bridgehead atoms. The summed E-state index contributed by atoms with van der Waals surface area (Å²) in [6, 6.07) is 5.81. The highest BCUT2D eigenvalue weighted by molar-refractivity contribution is 9.10. The van der Waals surface area contributed by atoms with Crippen LogP contribution < -0.4 is 5.32 Å². The maximum atomic E-state index is 13.2. The second kappa shape index (κ2) is 7.25. The van der Waals surface area contributed by atoms with Crippen molar-refractivity contribution in [2.45, 2.75) is 40.2 Å². The van der Waals surface area contributed by atoms with Crippen LogP contribution in [-0.4, -0.2) is 12.6 Å². The molecule has 1 atom stereocenters. The molecule has 1 N–H and O–H groups in total. The van der Waals surface area contributed by atoms with E-state index < -0.39 is 0 Å². The van der Waals surface area contributed by atoms with Gasteiger partial charge in [0.2, 0.25) is 0 Å². The van der Waals surface area contributed by atoms with Crippen molar-refractivity contribution < 1.29 is 4.39 Å². The van der Waals surface area contributed by atoms with Gasteiger partial charge in [-0.2, -0.15) is 0 Å². The summed E-state index contributed by atoms with van der Waals surface area (Å²) in [5.74, 6) is 0.991. The summed E-state index contributed by atoms with van der Waals surface area (Å²) in [5, 5.41) is 3.49. The van der Waals surface area contributed by atoms with Crippen LogP contribution in [-0.2, 0) is 6.42 Å². The molecule has 0 saturated carbocycles. The second-order valence-corrected chi connectivity index (χ2v) is 6.37. The number of halogens is 2. The summed E-state index contributed by atoms with van der Waals surface area (Å²) in [7, 11) is 0. The predicted molar refractivity (Wildman–Crippen MR) is 79.3 cm³/mol. The fourth-order valence-corrected chi connectivity index (χ4v) is 2.33. The van der Waals surface area contributed by atoms with Crippen LogP contribution in [0.25, 0.3) is 0 Å². The minimum absolute atomic E-state index is 0.194. The van der Waals surface area contributed by atoms with Crippen LogP contribution in [0.3, 0.4) is 0 Å². The Labute approximate surface area is 118 Å². The van der Waals surface area contributed by atoms with E-state index in [1.54, 1.807) is 0 Å². The molecule has 0 fully saturated rings. The number of rotatable bonds is 6. The lowest BCUT2D eigenvalue weighted by atomic mass is 9.89. The van der Waals surface area contributed by atoms with Gasteiger partial charge in [0.1, 0.15) is 5.82 Å². The summed E-state index contributed by atoms with van der Waals surface area (Å²) < 4.78 is 13.7. The summed E-state index contributed by atoms with van der Waals surface area (Å²) in [5.41, 5.74) is 1.19. The van der Waals surface area contributed by atoms with Crippen molar-refractivity contribution in [3.05, 3.63) is 34.1 Å². The summed E-state index contributed by atoms with van der Waals surface area (Å²) in [6.45, 7) is 9.80. The van der Waals surface area contributed by atoms with Gasteiger partial charge in [-0.25, -0.2) is 4.39 Å². The van der Waals surface area contributed by atoms with Gasteiger partial charge in [0.05, 0.1) is 4.47 Å². The van der Waals surface area contributed by atoms with E-state index in [0.29, 0.717) is 22.4 Å². The van der Waals surface area contributed by atoms with Gasteiger partial charge >= 0.3 is 0 Å². The van der Waals surface area contributed by atoms with E-state index in [1.807, 2.05) is 12.1 Å². The molecule has 102 valence electrons. The Bertz CT molecular complexity index is 377. The van der Waals surface area contributed by atoms with Crippen LogP contribution in [0.5, 0.6) is 0 Å². The van der Waals surface area contributed by atoms with Gasteiger partial charge in [0.25, 0.3) is 0 Å². The van der Waals surface area contributed by atoms with Crippen LogP contribution in [0.4, 0.5) is 4.39 Å². The minimum Gasteiger partial charge on any atom is -0.314 e. The van der Waals surface area contributed by atoms with Crippen molar-refractivity contribution >= 4 is 15.9 Å². The Balaban J connectivity index is 2.67. The number of hydrogen-bond donors (Lipinski definition) is 1. The second-order valence-electron chi connectivity index (χ2n) is 5.52. The number of benzene rings is 1. The zero-order chi connectivity index (χ0) is 13.7. The van der Waals surface area contributed by atoms with Crippen LogP contribution in [0.1, 0.15) is 33.3 Å². The third kappa shape index (κ3) is 5.07. The molecule has 1 rings (SSSR count). The molecule has 0 amide bonds. The highest BCUT2D eigenvalue weighted by Crippen LogP contribution is 2.21. The van der Waals surface area contributed by atoms with Gasteiger partial charge in [0, 0.05) is 6.04 Å². The van der Waals surface area contributed by atoms with E-state index in [2.05, 4.69) is 48.9 Å². The van der Waals surface area contributed by atoms with Crippen LogP contribution in [0.15, 0.2) is 22.7 Å². The topological polar surface area (TPSA) is 12.0 Å². The maximum absolute atomic E-state index is 13.2. The molecule has 0 radical (unpaired) electrons. The molecule has 1 aromatic rings. The predicted octanol–water partition coefficient (Wildman–Crippen LogP) is 4.40. The van der Waals surface area contributed by atoms with E-state index >= 15 is 0 Å². The Hall–Kier alpha value is -0.410. The largest absolute Gasteiger partial charge is 0.314 e. The van der Waals surface area contributed by atoms with E-state index in [-0.39, 0.29) is 5.82 Å². The van der Waals surface area contributed by atoms with E-state index in [4.69, 9.17) is 0 Å². The number of nitrogens with one attached hydrogen (secondary N) is 1.